The standard InChI is InChI=1S/C16H23N3O2S/c20-15(11-18-16(21)14-2-1-9-22-14)19-7-5-13(6-8-19)17-10-12-3-4-12/h1-2,9,12-13,17H,3-8,10-11H2,(H,18,21). The van der Waals surface area contributed by atoms with Crippen molar-refractivity contribution in [2.45, 2.75) is 31.7 Å². The third-order valence-corrected chi connectivity index (χ3v) is 5.25. The van der Waals surface area contributed by atoms with Gasteiger partial charge in [0.25, 0.3) is 5.91 Å². The van der Waals surface area contributed by atoms with Crippen LogP contribution >= 0.6 is 11.3 Å². The molecular formula is C16H23N3O2S. The summed E-state index contributed by atoms with van der Waals surface area (Å²) in [4.78, 5) is 26.5. The largest absolute Gasteiger partial charge is 0.342 e. The number of amides is 2. The molecule has 2 heterocycles. The zero-order valence-corrected chi connectivity index (χ0v) is 13.5. The van der Waals surface area contributed by atoms with Crippen LogP contribution in [0.3, 0.4) is 0 Å². The molecule has 0 spiro atoms. The molecule has 1 saturated heterocycles. The van der Waals surface area contributed by atoms with Crippen molar-refractivity contribution in [2.75, 3.05) is 26.2 Å². The smallest absolute Gasteiger partial charge is 0.261 e. The summed E-state index contributed by atoms with van der Waals surface area (Å²) >= 11 is 1.39. The number of rotatable bonds is 6. The van der Waals surface area contributed by atoms with Crippen molar-refractivity contribution in [2.24, 2.45) is 5.92 Å². The highest BCUT2D eigenvalue weighted by atomic mass is 32.1. The summed E-state index contributed by atoms with van der Waals surface area (Å²) in [6.45, 7) is 2.80. The van der Waals surface area contributed by atoms with Gasteiger partial charge in [0, 0.05) is 19.1 Å². The van der Waals surface area contributed by atoms with Gasteiger partial charge in [-0.3, -0.25) is 9.59 Å². The van der Waals surface area contributed by atoms with Crippen molar-refractivity contribution in [3.05, 3.63) is 22.4 Å². The predicted molar refractivity (Wildman–Crippen MR) is 87.0 cm³/mol. The number of thiophene rings is 1. The lowest BCUT2D eigenvalue weighted by atomic mass is 10.0. The number of piperidine rings is 1. The summed E-state index contributed by atoms with van der Waals surface area (Å²) in [6, 6.07) is 4.15. The minimum absolute atomic E-state index is 0.0190. The zero-order chi connectivity index (χ0) is 15.4. The monoisotopic (exact) mass is 321 g/mol. The fraction of sp³-hybridized carbons (Fsp3) is 0.625. The van der Waals surface area contributed by atoms with E-state index < -0.39 is 0 Å². The molecule has 0 unspecified atom stereocenters. The van der Waals surface area contributed by atoms with Gasteiger partial charge in [0.15, 0.2) is 0 Å². The highest BCUT2D eigenvalue weighted by Gasteiger charge is 2.26. The van der Waals surface area contributed by atoms with Gasteiger partial charge in [-0.15, -0.1) is 11.3 Å². The van der Waals surface area contributed by atoms with Crippen molar-refractivity contribution in [1.29, 1.82) is 0 Å². The Labute approximate surface area is 135 Å². The van der Waals surface area contributed by atoms with Gasteiger partial charge in [0.1, 0.15) is 0 Å². The molecule has 0 bridgehead atoms. The fourth-order valence-corrected chi connectivity index (χ4v) is 3.39. The predicted octanol–water partition coefficient (Wildman–Crippen LogP) is 1.47. The van der Waals surface area contributed by atoms with E-state index in [-0.39, 0.29) is 18.4 Å². The van der Waals surface area contributed by atoms with Gasteiger partial charge in [0.05, 0.1) is 11.4 Å². The first-order valence-electron chi connectivity index (χ1n) is 8.05. The lowest BCUT2D eigenvalue weighted by Crippen LogP contribution is -2.48. The summed E-state index contributed by atoms with van der Waals surface area (Å²) in [6.07, 6.45) is 4.76. The molecule has 2 fully saturated rings. The van der Waals surface area contributed by atoms with E-state index in [1.807, 2.05) is 16.3 Å². The van der Waals surface area contributed by atoms with E-state index in [0.29, 0.717) is 10.9 Å². The second kappa shape index (κ2) is 7.24. The molecule has 0 atom stereocenters. The van der Waals surface area contributed by atoms with Crippen molar-refractivity contribution in [1.82, 2.24) is 15.5 Å². The number of nitrogens with one attached hydrogen (secondary N) is 2. The average molecular weight is 321 g/mol. The van der Waals surface area contributed by atoms with Crippen molar-refractivity contribution in [3.63, 3.8) is 0 Å². The van der Waals surface area contributed by atoms with Crippen LogP contribution < -0.4 is 10.6 Å². The van der Waals surface area contributed by atoms with E-state index in [0.717, 1.165) is 38.4 Å². The Kier molecular flexibility index (Phi) is 5.10. The molecule has 1 aromatic rings. The van der Waals surface area contributed by atoms with Crippen molar-refractivity contribution >= 4 is 23.2 Å². The molecule has 1 saturated carbocycles. The summed E-state index contributed by atoms with van der Waals surface area (Å²) in [7, 11) is 0. The lowest BCUT2D eigenvalue weighted by Gasteiger charge is -2.32. The third kappa shape index (κ3) is 4.30. The molecule has 6 heteroatoms. The number of hydrogen-bond acceptors (Lipinski definition) is 4. The fourth-order valence-electron chi connectivity index (χ4n) is 2.75. The van der Waals surface area contributed by atoms with Crippen LogP contribution in [0.25, 0.3) is 0 Å². The van der Waals surface area contributed by atoms with Crippen LogP contribution in [0.2, 0.25) is 0 Å². The Hall–Kier alpha value is -1.40. The quantitative estimate of drug-likeness (QED) is 0.834. The Bertz CT molecular complexity index is 505. The first kappa shape index (κ1) is 15.5. The van der Waals surface area contributed by atoms with Crippen molar-refractivity contribution < 1.29 is 9.59 Å². The van der Waals surface area contributed by atoms with Gasteiger partial charge in [-0.25, -0.2) is 0 Å². The third-order valence-electron chi connectivity index (χ3n) is 4.38. The van der Waals surface area contributed by atoms with Crippen LogP contribution in [0.15, 0.2) is 17.5 Å². The number of likely N-dealkylation sites (tertiary alicyclic amines) is 1. The van der Waals surface area contributed by atoms with E-state index >= 15 is 0 Å². The molecular weight excluding hydrogens is 298 g/mol. The summed E-state index contributed by atoms with van der Waals surface area (Å²) in [5.74, 6) is 0.752. The molecule has 2 N–H and O–H groups in total. The Morgan fingerprint density at radius 1 is 1.23 bits per heavy atom. The molecule has 3 rings (SSSR count). The molecule has 1 aromatic heterocycles. The van der Waals surface area contributed by atoms with Crippen LogP contribution in [-0.2, 0) is 4.79 Å². The first-order valence-corrected chi connectivity index (χ1v) is 8.93. The molecule has 0 aromatic carbocycles. The normalized spacial score (nSPS) is 19.2. The molecule has 2 amide bonds. The van der Waals surface area contributed by atoms with Gasteiger partial charge in [0.2, 0.25) is 5.91 Å². The molecule has 1 aliphatic heterocycles. The number of hydrogen-bond donors (Lipinski definition) is 2. The van der Waals surface area contributed by atoms with Gasteiger partial charge in [-0.2, -0.15) is 0 Å². The van der Waals surface area contributed by atoms with Crippen LogP contribution in [0.5, 0.6) is 0 Å². The van der Waals surface area contributed by atoms with Crippen molar-refractivity contribution in [3.8, 4) is 0 Å². The van der Waals surface area contributed by atoms with E-state index in [1.165, 1.54) is 24.2 Å². The minimum atomic E-state index is -0.163. The highest BCUT2D eigenvalue weighted by Crippen LogP contribution is 2.28. The molecule has 22 heavy (non-hydrogen) atoms. The molecule has 120 valence electrons. The summed E-state index contributed by atoms with van der Waals surface area (Å²) in [5, 5.41) is 8.17. The average Bonchev–Trinajstić information content (AvgIpc) is 3.22. The van der Waals surface area contributed by atoms with E-state index in [4.69, 9.17) is 0 Å². The number of carbonyl (C=O) groups excluding carboxylic acids is 2. The van der Waals surface area contributed by atoms with Crippen LogP contribution in [0.4, 0.5) is 0 Å². The Balaban J connectivity index is 1.35. The Morgan fingerprint density at radius 2 is 2.00 bits per heavy atom. The minimum Gasteiger partial charge on any atom is -0.342 e. The zero-order valence-electron chi connectivity index (χ0n) is 12.7. The van der Waals surface area contributed by atoms with E-state index in [1.54, 1.807) is 6.07 Å². The molecule has 1 aliphatic carbocycles. The van der Waals surface area contributed by atoms with Crippen LogP contribution in [0.1, 0.15) is 35.4 Å². The number of nitrogens with zero attached hydrogens (tertiary/aromatic N) is 1. The second-order valence-corrected chi connectivity index (χ2v) is 7.11. The van der Waals surface area contributed by atoms with Gasteiger partial charge in [-0.1, -0.05) is 6.07 Å². The van der Waals surface area contributed by atoms with E-state index in [9.17, 15) is 9.59 Å². The maximum Gasteiger partial charge on any atom is 0.261 e. The van der Waals surface area contributed by atoms with Gasteiger partial charge >= 0.3 is 0 Å². The maximum absolute atomic E-state index is 12.1. The van der Waals surface area contributed by atoms with Gasteiger partial charge in [-0.05, 0) is 49.6 Å². The highest BCUT2D eigenvalue weighted by molar-refractivity contribution is 7.12. The van der Waals surface area contributed by atoms with Crippen LogP contribution in [-0.4, -0.2) is 48.9 Å². The summed E-state index contributed by atoms with van der Waals surface area (Å²) < 4.78 is 0. The molecule has 2 aliphatic rings. The summed E-state index contributed by atoms with van der Waals surface area (Å²) in [5.41, 5.74) is 0. The number of carbonyl (C=O) groups is 2. The van der Waals surface area contributed by atoms with Crippen LogP contribution in [0, 0.1) is 5.92 Å². The maximum atomic E-state index is 12.1. The first-order chi connectivity index (χ1) is 10.7. The lowest BCUT2D eigenvalue weighted by molar-refractivity contribution is -0.131. The Morgan fingerprint density at radius 3 is 2.64 bits per heavy atom. The SMILES string of the molecule is O=C(NCC(=O)N1CCC(NCC2CC2)CC1)c1cccs1. The van der Waals surface area contributed by atoms with Gasteiger partial charge < -0.3 is 15.5 Å². The molecule has 0 radical (unpaired) electrons. The van der Waals surface area contributed by atoms with E-state index in [2.05, 4.69) is 10.6 Å². The topological polar surface area (TPSA) is 61.4 Å². The molecule has 5 nitrogen and oxygen atoms in total. The second-order valence-electron chi connectivity index (χ2n) is 6.17.